The molecule has 0 aromatic heterocycles. The third kappa shape index (κ3) is 1.60. The van der Waals surface area contributed by atoms with Gasteiger partial charge in [0, 0.05) is 14.1 Å². The molecule has 0 saturated carbocycles. The Kier molecular flexibility index (Phi) is 2.52. The normalized spacial score (nSPS) is 10.4. The van der Waals surface area contributed by atoms with E-state index in [1.54, 1.807) is 0 Å². The molecule has 0 saturated heterocycles. The van der Waals surface area contributed by atoms with Gasteiger partial charge in [-0.2, -0.15) is 0 Å². The number of hydrogen-bond acceptors (Lipinski definition) is 2. The summed E-state index contributed by atoms with van der Waals surface area (Å²) in [6.45, 7) is 0. The average Bonchev–Trinajstić information content (AvgIpc) is 2.27. The fourth-order valence-corrected chi connectivity index (χ4v) is 1.86. The molecule has 0 fully saturated rings. The van der Waals surface area contributed by atoms with Gasteiger partial charge < -0.3 is 10.0 Å². The van der Waals surface area contributed by atoms with Crippen LogP contribution in [0.2, 0.25) is 0 Å². The Hall–Kier alpha value is -2.03. The molecule has 3 nitrogen and oxygen atoms in total. The zero-order valence-corrected chi connectivity index (χ0v) is 9.27. The van der Waals surface area contributed by atoms with Crippen molar-refractivity contribution >= 4 is 22.4 Å². The van der Waals surface area contributed by atoms with Gasteiger partial charge in [-0.15, -0.1) is 0 Å². The van der Waals surface area contributed by atoms with E-state index < -0.39 is 5.97 Å². The van der Waals surface area contributed by atoms with Crippen LogP contribution >= 0.6 is 0 Å². The molecular weight excluding hydrogens is 202 g/mol. The Morgan fingerprint density at radius 2 is 1.81 bits per heavy atom. The molecule has 0 aliphatic heterocycles. The number of rotatable bonds is 2. The Balaban J connectivity index is 2.84. The Labute approximate surface area is 93.9 Å². The molecule has 2 aromatic carbocycles. The highest BCUT2D eigenvalue weighted by molar-refractivity contribution is 6.08. The lowest BCUT2D eigenvalue weighted by Crippen LogP contribution is -2.14. The molecule has 2 rings (SSSR count). The number of anilines is 1. The molecule has 16 heavy (non-hydrogen) atoms. The van der Waals surface area contributed by atoms with Crippen molar-refractivity contribution < 1.29 is 9.90 Å². The second kappa shape index (κ2) is 3.85. The summed E-state index contributed by atoms with van der Waals surface area (Å²) >= 11 is 0. The Morgan fingerprint density at radius 3 is 2.44 bits per heavy atom. The molecule has 1 N–H and O–H groups in total. The molecule has 0 unspecified atom stereocenters. The minimum Gasteiger partial charge on any atom is -0.478 e. The molecule has 0 heterocycles. The van der Waals surface area contributed by atoms with E-state index in [1.165, 1.54) is 0 Å². The van der Waals surface area contributed by atoms with Crippen molar-refractivity contribution in [3.05, 3.63) is 42.0 Å². The van der Waals surface area contributed by atoms with Crippen LogP contribution < -0.4 is 4.90 Å². The van der Waals surface area contributed by atoms with Crippen molar-refractivity contribution in [1.29, 1.82) is 0 Å². The van der Waals surface area contributed by atoms with E-state index in [2.05, 4.69) is 0 Å². The standard InChI is InChI=1S/C13H13NO2/c1-14(2)11-8-7-9-5-3-4-6-10(9)12(11)13(15)16/h3-8H,1-2H3,(H,15,16). The maximum Gasteiger partial charge on any atom is 0.338 e. The highest BCUT2D eigenvalue weighted by Gasteiger charge is 2.15. The van der Waals surface area contributed by atoms with Crippen LogP contribution in [0.4, 0.5) is 5.69 Å². The predicted octanol–water partition coefficient (Wildman–Crippen LogP) is 2.60. The Bertz CT molecular complexity index is 547. The first-order valence-corrected chi connectivity index (χ1v) is 5.03. The summed E-state index contributed by atoms with van der Waals surface area (Å²) < 4.78 is 0. The van der Waals surface area contributed by atoms with Gasteiger partial charge in [0.1, 0.15) is 0 Å². The second-order valence-electron chi connectivity index (χ2n) is 3.88. The zero-order valence-electron chi connectivity index (χ0n) is 9.27. The molecule has 82 valence electrons. The maximum atomic E-state index is 11.3. The number of nitrogens with zero attached hydrogens (tertiary/aromatic N) is 1. The quantitative estimate of drug-likeness (QED) is 0.837. The molecule has 0 aliphatic rings. The number of hydrogen-bond donors (Lipinski definition) is 1. The van der Waals surface area contributed by atoms with Crippen molar-refractivity contribution in [1.82, 2.24) is 0 Å². The molecule has 0 spiro atoms. The fraction of sp³-hybridized carbons (Fsp3) is 0.154. The van der Waals surface area contributed by atoms with Crippen molar-refractivity contribution in [2.75, 3.05) is 19.0 Å². The maximum absolute atomic E-state index is 11.3. The first kappa shape index (κ1) is 10.5. The first-order chi connectivity index (χ1) is 7.61. The minimum absolute atomic E-state index is 0.364. The van der Waals surface area contributed by atoms with Crippen molar-refractivity contribution in [3.63, 3.8) is 0 Å². The van der Waals surface area contributed by atoms with Crippen LogP contribution in [0, 0.1) is 0 Å². The number of carboxylic acids is 1. The summed E-state index contributed by atoms with van der Waals surface area (Å²) in [4.78, 5) is 13.1. The lowest BCUT2D eigenvalue weighted by atomic mass is 10.0. The summed E-state index contributed by atoms with van der Waals surface area (Å²) in [5.41, 5.74) is 1.09. The van der Waals surface area contributed by atoms with Crippen molar-refractivity contribution in [2.45, 2.75) is 0 Å². The van der Waals surface area contributed by atoms with Crippen LogP contribution in [0.3, 0.4) is 0 Å². The fourth-order valence-electron chi connectivity index (χ4n) is 1.86. The zero-order chi connectivity index (χ0) is 11.7. The van der Waals surface area contributed by atoms with E-state index in [4.69, 9.17) is 0 Å². The summed E-state index contributed by atoms with van der Waals surface area (Å²) in [7, 11) is 3.69. The van der Waals surface area contributed by atoms with Gasteiger partial charge in [-0.25, -0.2) is 4.79 Å². The van der Waals surface area contributed by atoms with E-state index >= 15 is 0 Å². The van der Waals surface area contributed by atoms with Gasteiger partial charge in [-0.1, -0.05) is 30.3 Å². The summed E-state index contributed by atoms with van der Waals surface area (Å²) in [6.07, 6.45) is 0. The number of benzene rings is 2. The predicted molar refractivity (Wildman–Crippen MR) is 65.2 cm³/mol. The summed E-state index contributed by atoms with van der Waals surface area (Å²) in [5.74, 6) is -0.888. The van der Waals surface area contributed by atoms with E-state index in [-0.39, 0.29) is 0 Å². The SMILES string of the molecule is CN(C)c1ccc2ccccc2c1C(=O)O. The molecule has 2 aromatic rings. The number of fused-ring (bicyclic) bond motifs is 1. The molecule has 0 bridgehead atoms. The second-order valence-corrected chi connectivity index (χ2v) is 3.88. The topological polar surface area (TPSA) is 40.5 Å². The van der Waals surface area contributed by atoms with Crippen molar-refractivity contribution in [3.8, 4) is 0 Å². The molecule has 0 aliphatic carbocycles. The first-order valence-electron chi connectivity index (χ1n) is 5.03. The van der Waals surface area contributed by atoms with E-state index in [1.807, 2.05) is 55.4 Å². The average molecular weight is 215 g/mol. The molecular formula is C13H13NO2. The van der Waals surface area contributed by atoms with Gasteiger partial charge in [0.05, 0.1) is 11.3 Å². The largest absolute Gasteiger partial charge is 0.478 e. The van der Waals surface area contributed by atoms with Crippen LogP contribution in [0.25, 0.3) is 10.8 Å². The lowest BCUT2D eigenvalue weighted by Gasteiger charge is -2.16. The molecule has 0 radical (unpaired) electrons. The van der Waals surface area contributed by atoms with Crippen LogP contribution in [0.15, 0.2) is 36.4 Å². The van der Waals surface area contributed by atoms with Gasteiger partial charge in [-0.3, -0.25) is 0 Å². The van der Waals surface area contributed by atoms with Gasteiger partial charge >= 0.3 is 5.97 Å². The van der Waals surface area contributed by atoms with Gasteiger partial charge in [0.2, 0.25) is 0 Å². The molecule has 0 atom stereocenters. The van der Waals surface area contributed by atoms with E-state index in [0.29, 0.717) is 5.56 Å². The van der Waals surface area contributed by atoms with Crippen LogP contribution in [-0.2, 0) is 0 Å². The lowest BCUT2D eigenvalue weighted by molar-refractivity contribution is 0.0700. The minimum atomic E-state index is -0.888. The summed E-state index contributed by atoms with van der Waals surface area (Å²) in [6, 6.07) is 11.3. The van der Waals surface area contributed by atoms with Crippen molar-refractivity contribution in [2.24, 2.45) is 0 Å². The Morgan fingerprint density at radius 1 is 1.12 bits per heavy atom. The van der Waals surface area contributed by atoms with Crippen LogP contribution in [0.1, 0.15) is 10.4 Å². The van der Waals surface area contributed by atoms with E-state index in [9.17, 15) is 9.90 Å². The van der Waals surface area contributed by atoms with Crippen LogP contribution in [0.5, 0.6) is 0 Å². The third-order valence-electron chi connectivity index (χ3n) is 2.60. The molecule has 0 amide bonds. The smallest absolute Gasteiger partial charge is 0.338 e. The highest BCUT2D eigenvalue weighted by atomic mass is 16.4. The molecule has 3 heteroatoms. The highest BCUT2D eigenvalue weighted by Crippen LogP contribution is 2.27. The third-order valence-corrected chi connectivity index (χ3v) is 2.60. The number of aromatic carboxylic acids is 1. The van der Waals surface area contributed by atoms with Gasteiger partial charge in [0.25, 0.3) is 0 Å². The van der Waals surface area contributed by atoms with Crippen LogP contribution in [-0.4, -0.2) is 25.2 Å². The number of carbonyl (C=O) groups is 1. The van der Waals surface area contributed by atoms with Gasteiger partial charge in [-0.05, 0) is 16.8 Å². The number of carboxylic acid groups (broad SMARTS) is 1. The summed E-state index contributed by atoms with van der Waals surface area (Å²) in [5, 5.41) is 11.0. The monoisotopic (exact) mass is 215 g/mol. The van der Waals surface area contributed by atoms with E-state index in [0.717, 1.165) is 16.5 Å². The van der Waals surface area contributed by atoms with Gasteiger partial charge in [0.15, 0.2) is 0 Å².